The van der Waals surface area contributed by atoms with E-state index >= 15 is 0 Å². The van der Waals surface area contributed by atoms with E-state index in [1.807, 2.05) is 26.0 Å². The molecule has 5 heteroatoms. The minimum absolute atomic E-state index is 0.0385. The van der Waals surface area contributed by atoms with Crippen molar-refractivity contribution in [1.82, 2.24) is 0 Å². The number of alkyl halides is 3. The first-order chi connectivity index (χ1) is 9.10. The van der Waals surface area contributed by atoms with Crippen LogP contribution in [0.25, 0.3) is 0 Å². The molecule has 0 aliphatic carbocycles. The number of nitrogens with two attached hydrogens (primary N) is 1. The summed E-state index contributed by atoms with van der Waals surface area (Å²) in [5, 5.41) is 0. The zero-order valence-electron chi connectivity index (χ0n) is 12.5. The van der Waals surface area contributed by atoms with Crippen LogP contribution in [0.4, 0.5) is 18.9 Å². The van der Waals surface area contributed by atoms with Gasteiger partial charge in [0.2, 0.25) is 0 Å². The van der Waals surface area contributed by atoms with Crippen molar-refractivity contribution < 1.29 is 13.2 Å². The maximum atomic E-state index is 12.7. The van der Waals surface area contributed by atoms with Crippen molar-refractivity contribution in [2.24, 2.45) is 5.73 Å². The molecule has 0 radical (unpaired) electrons. The van der Waals surface area contributed by atoms with Crippen LogP contribution in [0.1, 0.15) is 31.9 Å². The van der Waals surface area contributed by atoms with E-state index in [-0.39, 0.29) is 12.1 Å². The molecular weight excluding hydrogens is 265 g/mol. The fraction of sp³-hybridized carbons (Fsp3) is 0.600. The molecule has 2 nitrogen and oxygen atoms in total. The second-order valence-corrected chi connectivity index (χ2v) is 5.64. The zero-order valence-corrected chi connectivity index (χ0v) is 12.5. The Morgan fingerprint density at radius 2 is 1.80 bits per heavy atom. The summed E-state index contributed by atoms with van der Waals surface area (Å²) in [5.74, 6) is 0. The summed E-state index contributed by atoms with van der Waals surface area (Å²) < 4.78 is 38.0. The van der Waals surface area contributed by atoms with Gasteiger partial charge in [-0.15, -0.1) is 0 Å². The molecule has 0 heterocycles. The van der Waals surface area contributed by atoms with Crippen LogP contribution in [0, 0.1) is 6.92 Å². The first-order valence-electron chi connectivity index (χ1n) is 6.78. The van der Waals surface area contributed by atoms with Crippen molar-refractivity contribution in [2.75, 3.05) is 11.4 Å². The van der Waals surface area contributed by atoms with Crippen LogP contribution in [0.2, 0.25) is 0 Å². The first kappa shape index (κ1) is 16.8. The lowest BCUT2D eigenvalue weighted by atomic mass is 10.0. The molecule has 0 saturated heterocycles. The van der Waals surface area contributed by atoms with E-state index in [0.29, 0.717) is 5.69 Å². The predicted molar refractivity (Wildman–Crippen MR) is 77.1 cm³/mol. The molecule has 1 atom stereocenters. The molecule has 114 valence electrons. The Morgan fingerprint density at radius 3 is 2.20 bits per heavy atom. The third-order valence-corrected chi connectivity index (χ3v) is 3.10. The molecule has 0 aliphatic rings. The molecule has 0 aliphatic heterocycles. The normalized spacial score (nSPS) is 13.7. The Morgan fingerprint density at radius 1 is 1.20 bits per heavy atom. The van der Waals surface area contributed by atoms with E-state index in [2.05, 4.69) is 0 Å². The van der Waals surface area contributed by atoms with Gasteiger partial charge in [0.15, 0.2) is 0 Å². The number of nitrogens with zero attached hydrogens (tertiary/aromatic N) is 1. The highest BCUT2D eigenvalue weighted by Crippen LogP contribution is 2.27. The SMILES string of the molecule is Cc1cc(CC(C)N)ccc1N(CC(F)(F)F)C(C)C. The van der Waals surface area contributed by atoms with Crippen LogP contribution < -0.4 is 10.6 Å². The lowest BCUT2D eigenvalue weighted by molar-refractivity contribution is -0.120. The Labute approximate surface area is 118 Å². The Bertz CT molecular complexity index is 439. The summed E-state index contributed by atoms with van der Waals surface area (Å²) in [6, 6.07) is 5.37. The standard InChI is InChI=1S/C15H23F3N2/c1-10(2)20(9-15(16,17)18)14-6-5-13(7-11(14)3)8-12(4)19/h5-7,10,12H,8-9,19H2,1-4H3. The second-order valence-electron chi connectivity index (χ2n) is 5.64. The van der Waals surface area contributed by atoms with Crippen molar-refractivity contribution in [2.45, 2.75) is 52.4 Å². The molecule has 1 unspecified atom stereocenters. The fourth-order valence-corrected chi connectivity index (χ4v) is 2.28. The van der Waals surface area contributed by atoms with Gasteiger partial charge in [-0.25, -0.2) is 0 Å². The molecule has 0 amide bonds. The minimum Gasteiger partial charge on any atom is -0.360 e. The molecule has 0 saturated carbocycles. The van der Waals surface area contributed by atoms with Gasteiger partial charge in [0.05, 0.1) is 0 Å². The van der Waals surface area contributed by atoms with Crippen LogP contribution >= 0.6 is 0 Å². The number of hydrogen-bond acceptors (Lipinski definition) is 2. The van der Waals surface area contributed by atoms with Gasteiger partial charge >= 0.3 is 6.18 Å². The molecule has 0 spiro atoms. The van der Waals surface area contributed by atoms with Crippen molar-refractivity contribution in [3.8, 4) is 0 Å². The van der Waals surface area contributed by atoms with Crippen molar-refractivity contribution in [1.29, 1.82) is 0 Å². The zero-order chi connectivity index (χ0) is 15.5. The minimum atomic E-state index is -4.21. The molecule has 0 bridgehead atoms. The predicted octanol–water partition coefficient (Wildman–Crippen LogP) is 3.66. The van der Waals surface area contributed by atoms with Gasteiger partial charge in [-0.2, -0.15) is 13.2 Å². The van der Waals surface area contributed by atoms with Gasteiger partial charge < -0.3 is 10.6 Å². The first-order valence-corrected chi connectivity index (χ1v) is 6.78. The average Bonchev–Trinajstić information content (AvgIpc) is 2.24. The summed E-state index contributed by atoms with van der Waals surface area (Å²) in [6.07, 6.45) is -3.48. The summed E-state index contributed by atoms with van der Waals surface area (Å²) in [4.78, 5) is 1.38. The quantitative estimate of drug-likeness (QED) is 0.896. The van der Waals surface area contributed by atoms with Crippen LogP contribution in [0.15, 0.2) is 18.2 Å². The van der Waals surface area contributed by atoms with E-state index in [1.54, 1.807) is 19.9 Å². The maximum absolute atomic E-state index is 12.7. The van der Waals surface area contributed by atoms with E-state index in [0.717, 1.165) is 17.5 Å². The van der Waals surface area contributed by atoms with Gasteiger partial charge in [-0.1, -0.05) is 12.1 Å². The number of benzene rings is 1. The highest BCUT2D eigenvalue weighted by Gasteiger charge is 2.32. The van der Waals surface area contributed by atoms with E-state index in [1.165, 1.54) is 4.90 Å². The number of hydrogen-bond donors (Lipinski definition) is 1. The lowest BCUT2D eigenvalue weighted by Crippen LogP contribution is -2.39. The Balaban J connectivity index is 3.03. The topological polar surface area (TPSA) is 29.3 Å². The summed E-state index contributed by atoms with van der Waals surface area (Å²) in [7, 11) is 0. The molecule has 1 aromatic rings. The van der Waals surface area contributed by atoms with Crippen molar-refractivity contribution >= 4 is 5.69 Å². The van der Waals surface area contributed by atoms with Crippen LogP contribution in [0.5, 0.6) is 0 Å². The fourth-order valence-electron chi connectivity index (χ4n) is 2.28. The third-order valence-electron chi connectivity index (χ3n) is 3.10. The van der Waals surface area contributed by atoms with Crippen LogP contribution in [-0.4, -0.2) is 24.8 Å². The third kappa shape index (κ3) is 5.04. The highest BCUT2D eigenvalue weighted by atomic mass is 19.4. The number of aryl methyl sites for hydroxylation is 1. The molecule has 20 heavy (non-hydrogen) atoms. The lowest BCUT2D eigenvalue weighted by Gasteiger charge is -2.31. The van der Waals surface area contributed by atoms with Crippen molar-refractivity contribution in [3.05, 3.63) is 29.3 Å². The molecule has 2 N–H and O–H groups in total. The number of halogens is 3. The van der Waals surface area contributed by atoms with E-state index < -0.39 is 12.7 Å². The van der Waals surface area contributed by atoms with Crippen LogP contribution in [-0.2, 0) is 6.42 Å². The van der Waals surface area contributed by atoms with Gasteiger partial charge in [0.1, 0.15) is 6.54 Å². The molecular formula is C15H23F3N2. The van der Waals surface area contributed by atoms with Gasteiger partial charge in [-0.05, 0) is 51.3 Å². The maximum Gasteiger partial charge on any atom is 0.405 e. The average molecular weight is 288 g/mol. The van der Waals surface area contributed by atoms with E-state index in [9.17, 15) is 13.2 Å². The smallest absolute Gasteiger partial charge is 0.360 e. The molecule has 1 rings (SSSR count). The van der Waals surface area contributed by atoms with Crippen molar-refractivity contribution in [3.63, 3.8) is 0 Å². The molecule has 0 aromatic heterocycles. The monoisotopic (exact) mass is 288 g/mol. The number of anilines is 1. The largest absolute Gasteiger partial charge is 0.405 e. The summed E-state index contributed by atoms with van der Waals surface area (Å²) >= 11 is 0. The summed E-state index contributed by atoms with van der Waals surface area (Å²) in [5.41, 5.74) is 8.28. The van der Waals surface area contributed by atoms with Gasteiger partial charge in [0, 0.05) is 17.8 Å². The van der Waals surface area contributed by atoms with E-state index in [4.69, 9.17) is 5.73 Å². The van der Waals surface area contributed by atoms with Gasteiger partial charge in [0.25, 0.3) is 0 Å². The molecule has 0 fully saturated rings. The Kier molecular flexibility index (Phi) is 5.45. The van der Waals surface area contributed by atoms with Crippen LogP contribution in [0.3, 0.4) is 0 Å². The summed E-state index contributed by atoms with van der Waals surface area (Å²) in [6.45, 7) is 6.35. The van der Waals surface area contributed by atoms with Gasteiger partial charge in [-0.3, -0.25) is 0 Å². The molecule has 1 aromatic carbocycles. The highest BCUT2D eigenvalue weighted by molar-refractivity contribution is 5.55. The Hall–Kier alpha value is -1.23. The second kappa shape index (κ2) is 6.48. The number of rotatable bonds is 5.